The van der Waals surface area contributed by atoms with Gasteiger partial charge in [-0.05, 0) is 47.9 Å². The molecule has 0 amide bonds. The summed E-state index contributed by atoms with van der Waals surface area (Å²) < 4.78 is 12.9. The van der Waals surface area contributed by atoms with Crippen LogP contribution in [0, 0.1) is 12.7 Å². The van der Waals surface area contributed by atoms with Gasteiger partial charge >= 0.3 is 0 Å². The van der Waals surface area contributed by atoms with Crippen molar-refractivity contribution in [2.75, 3.05) is 0 Å². The second-order valence-corrected chi connectivity index (χ2v) is 3.91. The summed E-state index contributed by atoms with van der Waals surface area (Å²) in [6.07, 6.45) is 0. The summed E-state index contributed by atoms with van der Waals surface area (Å²) in [7, 11) is 0. The first-order valence-electron chi connectivity index (χ1n) is 4.69. The molecule has 0 spiro atoms. The standard InChI is InChI=1S/C13H10ClF/c1-9-7-12(15)5-6-13(9)10-3-2-4-11(14)8-10/h2-8H,1H3. The fourth-order valence-corrected chi connectivity index (χ4v) is 1.80. The summed E-state index contributed by atoms with van der Waals surface area (Å²) in [6.45, 7) is 1.89. The third kappa shape index (κ3) is 2.18. The molecular formula is C13H10ClF. The first-order chi connectivity index (χ1) is 7.16. The molecule has 2 aromatic rings. The minimum Gasteiger partial charge on any atom is -0.207 e. The van der Waals surface area contributed by atoms with Gasteiger partial charge in [-0.15, -0.1) is 0 Å². The molecule has 0 radical (unpaired) electrons. The molecule has 0 bridgehead atoms. The fraction of sp³-hybridized carbons (Fsp3) is 0.0769. The van der Waals surface area contributed by atoms with Gasteiger partial charge in [-0.25, -0.2) is 4.39 Å². The van der Waals surface area contributed by atoms with Gasteiger partial charge in [-0.1, -0.05) is 29.8 Å². The normalized spacial score (nSPS) is 10.3. The summed E-state index contributed by atoms with van der Waals surface area (Å²) >= 11 is 5.90. The van der Waals surface area contributed by atoms with Crippen LogP contribution in [0.2, 0.25) is 5.02 Å². The van der Waals surface area contributed by atoms with Crippen molar-refractivity contribution in [1.82, 2.24) is 0 Å². The SMILES string of the molecule is Cc1cc(F)ccc1-c1cccc(Cl)c1. The van der Waals surface area contributed by atoms with E-state index in [9.17, 15) is 4.39 Å². The quantitative estimate of drug-likeness (QED) is 0.666. The average Bonchev–Trinajstić information content (AvgIpc) is 2.17. The van der Waals surface area contributed by atoms with Crippen molar-refractivity contribution < 1.29 is 4.39 Å². The number of halogens is 2. The third-order valence-electron chi connectivity index (χ3n) is 2.32. The maximum absolute atomic E-state index is 12.9. The Kier molecular flexibility index (Phi) is 2.74. The van der Waals surface area contributed by atoms with Crippen LogP contribution in [-0.2, 0) is 0 Å². The zero-order valence-corrected chi connectivity index (χ0v) is 9.05. The van der Waals surface area contributed by atoms with E-state index in [-0.39, 0.29) is 5.82 Å². The fourth-order valence-electron chi connectivity index (χ4n) is 1.61. The molecule has 0 aromatic heterocycles. The van der Waals surface area contributed by atoms with Crippen LogP contribution in [0.3, 0.4) is 0 Å². The maximum Gasteiger partial charge on any atom is 0.123 e. The molecule has 0 saturated carbocycles. The smallest absolute Gasteiger partial charge is 0.123 e. The van der Waals surface area contributed by atoms with Crippen LogP contribution in [0.5, 0.6) is 0 Å². The van der Waals surface area contributed by atoms with Crippen LogP contribution in [-0.4, -0.2) is 0 Å². The van der Waals surface area contributed by atoms with E-state index >= 15 is 0 Å². The zero-order valence-electron chi connectivity index (χ0n) is 8.30. The lowest BCUT2D eigenvalue weighted by Crippen LogP contribution is -1.84. The van der Waals surface area contributed by atoms with Crippen LogP contribution < -0.4 is 0 Å². The predicted molar refractivity (Wildman–Crippen MR) is 61.6 cm³/mol. The summed E-state index contributed by atoms with van der Waals surface area (Å²) in [5.74, 6) is -0.210. The summed E-state index contributed by atoms with van der Waals surface area (Å²) in [5.41, 5.74) is 2.94. The van der Waals surface area contributed by atoms with Crippen LogP contribution in [0.15, 0.2) is 42.5 Å². The van der Waals surface area contributed by atoms with Crippen LogP contribution in [0.25, 0.3) is 11.1 Å². The van der Waals surface area contributed by atoms with Gasteiger partial charge in [0.1, 0.15) is 5.82 Å². The minimum atomic E-state index is -0.210. The molecular weight excluding hydrogens is 211 g/mol. The Balaban J connectivity index is 2.54. The molecule has 2 rings (SSSR count). The molecule has 0 nitrogen and oxygen atoms in total. The van der Waals surface area contributed by atoms with Crippen molar-refractivity contribution >= 4 is 11.6 Å². The van der Waals surface area contributed by atoms with Gasteiger partial charge in [0.2, 0.25) is 0 Å². The van der Waals surface area contributed by atoms with Gasteiger partial charge in [0.05, 0.1) is 0 Å². The van der Waals surface area contributed by atoms with Gasteiger partial charge in [-0.2, -0.15) is 0 Å². The Bertz CT molecular complexity index is 492. The summed E-state index contributed by atoms with van der Waals surface area (Å²) in [5, 5.41) is 0.691. The monoisotopic (exact) mass is 220 g/mol. The van der Waals surface area contributed by atoms with E-state index in [1.165, 1.54) is 12.1 Å². The van der Waals surface area contributed by atoms with Crippen molar-refractivity contribution in [2.24, 2.45) is 0 Å². The lowest BCUT2D eigenvalue weighted by molar-refractivity contribution is 0.627. The highest BCUT2D eigenvalue weighted by molar-refractivity contribution is 6.30. The van der Waals surface area contributed by atoms with E-state index in [0.29, 0.717) is 5.02 Å². The van der Waals surface area contributed by atoms with Crippen LogP contribution in [0.4, 0.5) is 4.39 Å². The second kappa shape index (κ2) is 4.03. The Morgan fingerprint density at radius 1 is 1.07 bits per heavy atom. The van der Waals surface area contributed by atoms with Crippen LogP contribution in [0.1, 0.15) is 5.56 Å². The minimum absolute atomic E-state index is 0.210. The zero-order chi connectivity index (χ0) is 10.8. The molecule has 0 aliphatic heterocycles. The van der Waals surface area contributed by atoms with E-state index in [1.807, 2.05) is 31.2 Å². The lowest BCUT2D eigenvalue weighted by Gasteiger charge is -2.06. The van der Waals surface area contributed by atoms with Gasteiger partial charge in [0.15, 0.2) is 0 Å². The molecule has 0 saturated heterocycles. The largest absolute Gasteiger partial charge is 0.207 e. The van der Waals surface area contributed by atoms with Gasteiger partial charge in [0.25, 0.3) is 0 Å². The predicted octanol–water partition coefficient (Wildman–Crippen LogP) is 4.45. The molecule has 0 aliphatic carbocycles. The summed E-state index contributed by atoms with van der Waals surface area (Å²) in [6, 6.07) is 12.3. The van der Waals surface area contributed by atoms with E-state index in [4.69, 9.17) is 11.6 Å². The average molecular weight is 221 g/mol. The van der Waals surface area contributed by atoms with E-state index in [0.717, 1.165) is 16.7 Å². The van der Waals surface area contributed by atoms with E-state index in [2.05, 4.69) is 0 Å². The number of rotatable bonds is 1. The molecule has 2 aromatic carbocycles. The van der Waals surface area contributed by atoms with E-state index in [1.54, 1.807) is 6.07 Å². The maximum atomic E-state index is 12.9. The third-order valence-corrected chi connectivity index (χ3v) is 2.56. The first kappa shape index (κ1) is 10.2. The Morgan fingerprint density at radius 2 is 1.87 bits per heavy atom. The highest BCUT2D eigenvalue weighted by Gasteiger charge is 2.03. The van der Waals surface area contributed by atoms with E-state index < -0.39 is 0 Å². The van der Waals surface area contributed by atoms with Crippen molar-refractivity contribution in [1.29, 1.82) is 0 Å². The molecule has 0 N–H and O–H groups in total. The Labute approximate surface area is 93.3 Å². The highest BCUT2D eigenvalue weighted by Crippen LogP contribution is 2.26. The molecule has 2 heteroatoms. The second-order valence-electron chi connectivity index (χ2n) is 3.47. The summed E-state index contributed by atoms with van der Waals surface area (Å²) in [4.78, 5) is 0. The first-order valence-corrected chi connectivity index (χ1v) is 5.07. The van der Waals surface area contributed by atoms with Crippen LogP contribution >= 0.6 is 11.6 Å². The number of hydrogen-bond acceptors (Lipinski definition) is 0. The topological polar surface area (TPSA) is 0 Å². The molecule has 76 valence electrons. The van der Waals surface area contributed by atoms with Gasteiger partial charge < -0.3 is 0 Å². The Morgan fingerprint density at radius 3 is 2.53 bits per heavy atom. The van der Waals surface area contributed by atoms with Crippen molar-refractivity contribution in [2.45, 2.75) is 6.92 Å². The molecule has 0 unspecified atom stereocenters. The van der Waals surface area contributed by atoms with Crippen molar-refractivity contribution in [3.63, 3.8) is 0 Å². The van der Waals surface area contributed by atoms with Crippen molar-refractivity contribution in [3.05, 3.63) is 58.9 Å². The molecule has 0 heterocycles. The Hall–Kier alpha value is -1.34. The molecule has 0 atom stereocenters. The number of hydrogen-bond donors (Lipinski definition) is 0. The highest BCUT2D eigenvalue weighted by atomic mass is 35.5. The van der Waals surface area contributed by atoms with Gasteiger partial charge in [-0.3, -0.25) is 0 Å². The van der Waals surface area contributed by atoms with Gasteiger partial charge in [0, 0.05) is 5.02 Å². The number of benzene rings is 2. The lowest BCUT2D eigenvalue weighted by atomic mass is 10.0. The molecule has 15 heavy (non-hydrogen) atoms. The number of aryl methyl sites for hydroxylation is 1. The molecule has 0 aliphatic rings. The molecule has 0 fully saturated rings. The van der Waals surface area contributed by atoms with Crippen molar-refractivity contribution in [3.8, 4) is 11.1 Å².